The molecule has 3 fully saturated rings. The summed E-state index contributed by atoms with van der Waals surface area (Å²) in [5, 5.41) is 18.9. The number of aliphatic hydroxyl groups excluding tert-OH is 1. The number of alkyl halides is 1. The van der Waals surface area contributed by atoms with Crippen molar-refractivity contribution in [3.05, 3.63) is 36.3 Å². The van der Waals surface area contributed by atoms with E-state index < -0.39 is 11.8 Å². The van der Waals surface area contributed by atoms with Gasteiger partial charge in [-0.2, -0.15) is 4.98 Å². The molecule has 0 aromatic carbocycles. The number of aromatic nitrogens is 4. The Balaban J connectivity index is 1.30. The summed E-state index contributed by atoms with van der Waals surface area (Å²) in [6, 6.07) is 4.35. The Morgan fingerprint density at radius 3 is 2.62 bits per heavy atom. The zero-order valence-electron chi connectivity index (χ0n) is 21.7. The summed E-state index contributed by atoms with van der Waals surface area (Å²) >= 11 is 0. The van der Waals surface area contributed by atoms with Crippen LogP contribution in [0, 0.1) is 5.41 Å². The van der Waals surface area contributed by atoms with E-state index in [4.69, 9.17) is 9.97 Å². The number of hydrogen-bond donors (Lipinski definition) is 3. The Hall–Kier alpha value is -3.11. The lowest BCUT2D eigenvalue weighted by molar-refractivity contribution is -0.00860. The molecule has 0 unspecified atom stereocenters. The van der Waals surface area contributed by atoms with Crippen LogP contribution in [0.4, 0.5) is 27.8 Å². The van der Waals surface area contributed by atoms with Gasteiger partial charge in [-0.05, 0) is 61.6 Å². The van der Waals surface area contributed by atoms with Crippen molar-refractivity contribution in [2.24, 2.45) is 5.41 Å². The highest BCUT2D eigenvalue weighted by Gasteiger charge is 2.40. The van der Waals surface area contributed by atoms with E-state index >= 15 is 0 Å². The molecule has 37 heavy (non-hydrogen) atoms. The van der Waals surface area contributed by atoms with E-state index in [-0.39, 0.29) is 12.0 Å². The van der Waals surface area contributed by atoms with E-state index in [1.165, 1.54) is 18.9 Å². The average Bonchev–Trinajstić information content (AvgIpc) is 2.85. The molecule has 3 aliphatic rings. The number of nitrogens with one attached hydrogen (secondary N) is 2. The predicted molar refractivity (Wildman–Crippen MR) is 143 cm³/mol. The van der Waals surface area contributed by atoms with Crippen LogP contribution >= 0.6 is 0 Å². The number of nitrogens with zero attached hydrogens (tertiary/aromatic N) is 6. The highest BCUT2D eigenvalue weighted by molar-refractivity contribution is 5.95. The maximum absolute atomic E-state index is 14.7. The second-order valence-electron chi connectivity index (χ2n) is 11.5. The van der Waals surface area contributed by atoms with Gasteiger partial charge in [0.1, 0.15) is 17.5 Å². The molecule has 6 heterocycles. The zero-order valence-corrected chi connectivity index (χ0v) is 21.7. The Kier molecular flexibility index (Phi) is 5.91. The molecular weight excluding hydrogens is 471 g/mol. The van der Waals surface area contributed by atoms with E-state index in [2.05, 4.69) is 45.4 Å². The van der Waals surface area contributed by atoms with Gasteiger partial charge in [0.05, 0.1) is 12.6 Å². The van der Waals surface area contributed by atoms with Gasteiger partial charge in [0.15, 0.2) is 5.67 Å². The first kappa shape index (κ1) is 24.2. The third-order valence-corrected chi connectivity index (χ3v) is 8.20. The molecule has 0 amide bonds. The van der Waals surface area contributed by atoms with Gasteiger partial charge < -0.3 is 25.5 Å². The van der Waals surface area contributed by atoms with Crippen LogP contribution in [0.25, 0.3) is 10.8 Å². The molecule has 3 aliphatic heterocycles. The van der Waals surface area contributed by atoms with Crippen molar-refractivity contribution >= 4 is 34.2 Å². The number of fused-ring (bicyclic) bond motifs is 1. The fourth-order valence-electron chi connectivity index (χ4n) is 5.59. The molecule has 9 nitrogen and oxygen atoms in total. The topological polar surface area (TPSA) is 102 Å². The van der Waals surface area contributed by atoms with E-state index in [1.807, 2.05) is 12.4 Å². The van der Waals surface area contributed by atoms with Crippen LogP contribution < -0.4 is 20.4 Å². The first-order chi connectivity index (χ1) is 17.7. The Labute approximate surface area is 216 Å². The van der Waals surface area contributed by atoms with Gasteiger partial charge in [0.25, 0.3) is 0 Å². The lowest BCUT2D eigenvalue weighted by atomic mass is 9.78. The van der Waals surface area contributed by atoms with Gasteiger partial charge in [0, 0.05) is 56.2 Å². The van der Waals surface area contributed by atoms with Gasteiger partial charge >= 0.3 is 0 Å². The van der Waals surface area contributed by atoms with Crippen molar-refractivity contribution in [1.29, 1.82) is 0 Å². The van der Waals surface area contributed by atoms with Gasteiger partial charge in [-0.1, -0.05) is 6.92 Å². The van der Waals surface area contributed by atoms with Crippen molar-refractivity contribution < 1.29 is 9.50 Å². The monoisotopic (exact) mass is 506 g/mol. The lowest BCUT2D eigenvalue weighted by Gasteiger charge is -2.41. The summed E-state index contributed by atoms with van der Waals surface area (Å²) in [5.41, 5.74) is -0.252. The SMILES string of the molecule is C[C@@H]1CCN1c1ncc(CC2(C)CNC2)c2cc(Nc3ccnc(N4CC[C@@H](O)[C@@](C)(F)C4)n3)ncc12. The van der Waals surface area contributed by atoms with Crippen molar-refractivity contribution in [3.8, 4) is 0 Å². The molecule has 0 radical (unpaired) electrons. The summed E-state index contributed by atoms with van der Waals surface area (Å²) in [7, 11) is 0. The third kappa shape index (κ3) is 4.57. The predicted octanol–water partition coefficient (Wildman–Crippen LogP) is 3.21. The van der Waals surface area contributed by atoms with Gasteiger partial charge in [-0.3, -0.25) is 0 Å². The van der Waals surface area contributed by atoms with Gasteiger partial charge in [-0.15, -0.1) is 0 Å². The third-order valence-electron chi connectivity index (χ3n) is 8.20. The van der Waals surface area contributed by atoms with E-state index in [0.29, 0.717) is 36.6 Å². The Morgan fingerprint density at radius 1 is 1.11 bits per heavy atom. The summed E-state index contributed by atoms with van der Waals surface area (Å²) < 4.78 is 14.7. The first-order valence-electron chi connectivity index (χ1n) is 13.2. The minimum atomic E-state index is -1.70. The van der Waals surface area contributed by atoms with Crippen LogP contribution in [0.5, 0.6) is 0 Å². The van der Waals surface area contributed by atoms with Crippen molar-refractivity contribution in [2.45, 2.75) is 57.8 Å². The van der Waals surface area contributed by atoms with Crippen LogP contribution in [0.2, 0.25) is 0 Å². The quantitative estimate of drug-likeness (QED) is 0.465. The molecule has 10 heteroatoms. The van der Waals surface area contributed by atoms with Crippen molar-refractivity contribution in [2.75, 3.05) is 47.8 Å². The lowest BCUT2D eigenvalue weighted by Crippen LogP contribution is -2.52. The number of aliphatic hydroxyl groups is 1. The molecule has 196 valence electrons. The van der Waals surface area contributed by atoms with E-state index in [0.717, 1.165) is 42.6 Å². The van der Waals surface area contributed by atoms with Crippen LogP contribution in [-0.2, 0) is 6.42 Å². The largest absolute Gasteiger partial charge is 0.390 e. The van der Waals surface area contributed by atoms with Crippen molar-refractivity contribution in [3.63, 3.8) is 0 Å². The molecule has 0 aliphatic carbocycles. The molecule has 3 N–H and O–H groups in total. The highest BCUT2D eigenvalue weighted by atomic mass is 19.1. The maximum Gasteiger partial charge on any atom is 0.227 e. The molecule has 3 aromatic rings. The van der Waals surface area contributed by atoms with E-state index in [9.17, 15) is 9.50 Å². The van der Waals surface area contributed by atoms with Crippen LogP contribution in [0.15, 0.2) is 30.7 Å². The number of rotatable bonds is 6. The van der Waals surface area contributed by atoms with E-state index in [1.54, 1.807) is 17.2 Å². The highest BCUT2D eigenvalue weighted by Crippen LogP contribution is 2.37. The zero-order chi connectivity index (χ0) is 25.8. The summed E-state index contributed by atoms with van der Waals surface area (Å²) in [6.45, 7) is 9.54. The minimum Gasteiger partial charge on any atom is -0.390 e. The first-order valence-corrected chi connectivity index (χ1v) is 13.2. The number of pyridine rings is 2. The van der Waals surface area contributed by atoms with Gasteiger partial charge in [-0.25, -0.2) is 19.3 Å². The van der Waals surface area contributed by atoms with Crippen molar-refractivity contribution in [1.82, 2.24) is 25.3 Å². The second-order valence-corrected chi connectivity index (χ2v) is 11.5. The van der Waals surface area contributed by atoms with Crippen LogP contribution in [0.1, 0.15) is 39.2 Å². The van der Waals surface area contributed by atoms with Crippen LogP contribution in [0.3, 0.4) is 0 Å². The average molecular weight is 507 g/mol. The molecule has 3 aromatic heterocycles. The fourth-order valence-corrected chi connectivity index (χ4v) is 5.59. The molecule has 0 bridgehead atoms. The molecule has 0 spiro atoms. The summed E-state index contributed by atoms with van der Waals surface area (Å²) in [6.07, 6.45) is 7.10. The minimum absolute atomic E-state index is 0.0491. The number of hydrogen-bond acceptors (Lipinski definition) is 9. The maximum atomic E-state index is 14.7. The summed E-state index contributed by atoms with van der Waals surface area (Å²) in [4.78, 5) is 22.7. The molecule has 6 rings (SSSR count). The standard InChI is InChI=1S/C27H35FN8O/c1-17-5-9-36(17)24-20-13-31-23(10-19(20)18(12-32-24)11-26(2)14-29-15-26)33-22-4-7-30-25(34-22)35-8-6-21(37)27(3,28)16-35/h4,7,10,12-13,17,21,29,37H,5-6,8-9,11,14-16H2,1-3H3,(H,30,31,33,34)/t17-,21-,27+/m1/s1. The van der Waals surface area contributed by atoms with Crippen LogP contribution in [-0.4, -0.2) is 75.6 Å². The van der Waals surface area contributed by atoms with Gasteiger partial charge in [0.2, 0.25) is 5.95 Å². The smallest absolute Gasteiger partial charge is 0.227 e. The Bertz CT molecular complexity index is 1310. The fraction of sp³-hybridized carbons (Fsp3) is 0.556. The molecular formula is C27H35FN8O. The normalized spacial score (nSPS) is 27.1. The summed E-state index contributed by atoms with van der Waals surface area (Å²) in [5.74, 6) is 2.71. The number of anilines is 4. The second kappa shape index (κ2) is 9.02. The number of halogens is 1. The number of piperidine rings is 1. The molecule has 3 atom stereocenters. The molecule has 3 saturated heterocycles. The Morgan fingerprint density at radius 2 is 1.95 bits per heavy atom. The molecule has 0 saturated carbocycles.